The summed E-state index contributed by atoms with van der Waals surface area (Å²) in [6.45, 7) is 7.38. The van der Waals surface area contributed by atoms with Crippen molar-refractivity contribution >= 4 is 0 Å². The van der Waals surface area contributed by atoms with Crippen molar-refractivity contribution in [3.63, 3.8) is 0 Å². The minimum atomic E-state index is -0.862. The Kier molecular flexibility index (Phi) is 2.64. The summed E-state index contributed by atoms with van der Waals surface area (Å²) in [4.78, 5) is 0. The molecule has 0 aromatic rings. The summed E-state index contributed by atoms with van der Waals surface area (Å²) >= 11 is 0. The van der Waals surface area contributed by atoms with Gasteiger partial charge in [-0.05, 0) is 36.5 Å². The molecule has 17 heavy (non-hydrogen) atoms. The molecule has 3 rings (SSSR count). The Morgan fingerprint density at radius 1 is 1.18 bits per heavy atom. The molecule has 2 nitrogen and oxygen atoms in total. The predicted octanol–water partition coefficient (Wildman–Crippen LogP) is 2.83. The van der Waals surface area contributed by atoms with E-state index in [1.807, 2.05) is 0 Å². The highest BCUT2D eigenvalue weighted by Crippen LogP contribution is 2.55. The molecule has 2 aliphatic carbocycles. The van der Waals surface area contributed by atoms with Gasteiger partial charge in [-0.25, -0.2) is 0 Å². The van der Waals surface area contributed by atoms with E-state index in [1.54, 1.807) is 0 Å². The van der Waals surface area contributed by atoms with Gasteiger partial charge in [0.15, 0.2) is 5.79 Å². The van der Waals surface area contributed by atoms with E-state index in [0.717, 1.165) is 6.42 Å². The van der Waals surface area contributed by atoms with E-state index < -0.39 is 5.79 Å². The lowest BCUT2D eigenvalue weighted by Gasteiger charge is -2.57. The average Bonchev–Trinajstić information content (AvgIpc) is 2.31. The van der Waals surface area contributed by atoms with Crippen LogP contribution in [0.3, 0.4) is 0 Å². The Bertz CT molecular complexity index is 338. The van der Waals surface area contributed by atoms with Gasteiger partial charge in [0.2, 0.25) is 0 Å². The molecule has 2 heteroatoms. The first-order valence-electron chi connectivity index (χ1n) is 7.08. The molecule has 1 heterocycles. The molecule has 0 unspecified atom stereocenters. The summed E-state index contributed by atoms with van der Waals surface area (Å²) in [5.74, 6) is 1.97. The Hall–Kier alpha value is -0.340. The lowest BCUT2D eigenvalue weighted by atomic mass is 9.56. The van der Waals surface area contributed by atoms with Crippen LogP contribution in [0.15, 0.2) is 12.2 Å². The van der Waals surface area contributed by atoms with E-state index in [-0.39, 0.29) is 5.92 Å². The van der Waals surface area contributed by atoms with E-state index in [0.29, 0.717) is 36.2 Å². The van der Waals surface area contributed by atoms with Crippen molar-refractivity contribution < 1.29 is 9.84 Å². The Balaban J connectivity index is 2.02. The molecule has 96 valence electrons. The number of aliphatic hydroxyl groups is 1. The molecule has 0 radical (unpaired) electrons. The SMILES string of the molecule is C[C@@H]1C=C[C@H]2[C@@H]3[C@@H]1CC[C@@H](C)[C@@]3(O)OC[C@@H]2C. The van der Waals surface area contributed by atoms with E-state index >= 15 is 0 Å². The van der Waals surface area contributed by atoms with Gasteiger partial charge in [0, 0.05) is 11.8 Å². The van der Waals surface area contributed by atoms with Gasteiger partial charge in [-0.2, -0.15) is 0 Å². The van der Waals surface area contributed by atoms with E-state index in [9.17, 15) is 5.11 Å². The van der Waals surface area contributed by atoms with Gasteiger partial charge in [0.05, 0.1) is 6.61 Å². The zero-order chi connectivity index (χ0) is 12.2. The van der Waals surface area contributed by atoms with Crippen LogP contribution in [0.2, 0.25) is 0 Å². The summed E-state index contributed by atoms with van der Waals surface area (Å²) in [6.07, 6.45) is 7.05. The minimum Gasteiger partial charge on any atom is -0.365 e. The molecule has 1 N–H and O–H groups in total. The van der Waals surface area contributed by atoms with E-state index in [1.165, 1.54) is 6.42 Å². The molecular formula is C15H24O2. The van der Waals surface area contributed by atoms with Crippen LogP contribution in [-0.4, -0.2) is 17.5 Å². The lowest BCUT2D eigenvalue weighted by Crippen LogP contribution is -2.61. The summed E-state index contributed by atoms with van der Waals surface area (Å²) in [5, 5.41) is 10.9. The lowest BCUT2D eigenvalue weighted by molar-refractivity contribution is -0.329. The van der Waals surface area contributed by atoms with Crippen LogP contribution in [0, 0.1) is 35.5 Å². The van der Waals surface area contributed by atoms with Crippen LogP contribution in [0.4, 0.5) is 0 Å². The molecular weight excluding hydrogens is 212 g/mol. The largest absolute Gasteiger partial charge is 0.365 e. The standard InChI is InChI=1S/C15H24O2/c1-9-4-6-13-10(2)8-17-15(16)11(3)5-7-12(9)14(13)15/h4,6,9-14,16H,5,7-8H2,1-3H3/t9-,10+,11-,12-,13-,14+,15-/m1/s1. The van der Waals surface area contributed by atoms with E-state index in [4.69, 9.17) is 4.74 Å². The third kappa shape index (κ3) is 1.53. The summed E-state index contributed by atoms with van der Waals surface area (Å²) < 4.78 is 5.90. The third-order valence-electron chi connectivity index (χ3n) is 5.54. The van der Waals surface area contributed by atoms with Gasteiger partial charge in [0.1, 0.15) is 0 Å². The maximum atomic E-state index is 10.9. The van der Waals surface area contributed by atoms with Crippen molar-refractivity contribution in [2.45, 2.75) is 39.4 Å². The van der Waals surface area contributed by atoms with Crippen LogP contribution in [0.25, 0.3) is 0 Å². The highest BCUT2D eigenvalue weighted by Gasteiger charge is 2.57. The molecule has 2 fully saturated rings. The minimum absolute atomic E-state index is 0.275. The highest BCUT2D eigenvalue weighted by molar-refractivity contribution is 5.12. The monoisotopic (exact) mass is 236 g/mol. The number of allylic oxidation sites excluding steroid dienone is 2. The van der Waals surface area contributed by atoms with Crippen LogP contribution in [-0.2, 0) is 4.74 Å². The molecule has 1 saturated heterocycles. The fourth-order valence-corrected chi connectivity index (χ4v) is 4.34. The van der Waals surface area contributed by atoms with Crippen molar-refractivity contribution in [2.75, 3.05) is 6.61 Å². The van der Waals surface area contributed by atoms with Gasteiger partial charge in [0.25, 0.3) is 0 Å². The maximum absolute atomic E-state index is 10.9. The Morgan fingerprint density at radius 3 is 2.71 bits per heavy atom. The third-order valence-corrected chi connectivity index (χ3v) is 5.54. The smallest absolute Gasteiger partial charge is 0.171 e. The molecule has 0 amide bonds. The zero-order valence-corrected chi connectivity index (χ0v) is 11.1. The molecule has 7 atom stereocenters. The Morgan fingerprint density at radius 2 is 1.94 bits per heavy atom. The van der Waals surface area contributed by atoms with Crippen LogP contribution in [0.1, 0.15) is 33.6 Å². The first-order valence-corrected chi connectivity index (χ1v) is 7.08. The van der Waals surface area contributed by atoms with Crippen LogP contribution >= 0.6 is 0 Å². The van der Waals surface area contributed by atoms with Crippen LogP contribution in [0.5, 0.6) is 0 Å². The van der Waals surface area contributed by atoms with Crippen molar-refractivity contribution in [1.82, 2.24) is 0 Å². The fourth-order valence-electron chi connectivity index (χ4n) is 4.34. The van der Waals surface area contributed by atoms with Gasteiger partial charge in [-0.1, -0.05) is 32.9 Å². The molecule has 0 spiro atoms. The quantitative estimate of drug-likeness (QED) is 0.655. The molecule has 1 aliphatic heterocycles. The van der Waals surface area contributed by atoms with Gasteiger partial charge in [-0.15, -0.1) is 0 Å². The second-order valence-corrected chi connectivity index (χ2v) is 6.53. The molecule has 0 bridgehead atoms. The first-order chi connectivity index (χ1) is 8.04. The molecule has 1 saturated carbocycles. The van der Waals surface area contributed by atoms with Crippen LogP contribution < -0.4 is 0 Å². The zero-order valence-electron chi connectivity index (χ0n) is 11.1. The van der Waals surface area contributed by atoms with E-state index in [2.05, 4.69) is 32.9 Å². The number of rotatable bonds is 0. The second kappa shape index (κ2) is 3.83. The molecule has 3 aliphatic rings. The fraction of sp³-hybridized carbons (Fsp3) is 0.867. The van der Waals surface area contributed by atoms with Crippen molar-refractivity contribution in [3.8, 4) is 0 Å². The van der Waals surface area contributed by atoms with Gasteiger partial charge >= 0.3 is 0 Å². The highest BCUT2D eigenvalue weighted by atomic mass is 16.6. The predicted molar refractivity (Wildman–Crippen MR) is 67.2 cm³/mol. The molecule has 0 aromatic heterocycles. The van der Waals surface area contributed by atoms with Crippen molar-refractivity contribution in [2.24, 2.45) is 35.5 Å². The average molecular weight is 236 g/mol. The topological polar surface area (TPSA) is 29.5 Å². The summed E-state index contributed by atoms with van der Waals surface area (Å²) in [7, 11) is 0. The Labute approximate surface area is 104 Å². The maximum Gasteiger partial charge on any atom is 0.171 e. The van der Waals surface area contributed by atoms with Gasteiger partial charge < -0.3 is 9.84 Å². The number of hydrogen-bond donors (Lipinski definition) is 1. The number of ether oxygens (including phenoxy) is 1. The number of hydrogen-bond acceptors (Lipinski definition) is 2. The molecule has 0 aromatic carbocycles. The second-order valence-electron chi connectivity index (χ2n) is 6.53. The normalized spacial score (nSPS) is 57.6. The first kappa shape index (κ1) is 11.7. The van der Waals surface area contributed by atoms with Gasteiger partial charge in [-0.3, -0.25) is 0 Å². The van der Waals surface area contributed by atoms with Crippen molar-refractivity contribution in [1.29, 1.82) is 0 Å². The summed E-state index contributed by atoms with van der Waals surface area (Å²) in [5.41, 5.74) is 0. The van der Waals surface area contributed by atoms with Crippen molar-refractivity contribution in [3.05, 3.63) is 12.2 Å². The summed E-state index contributed by atoms with van der Waals surface area (Å²) in [6, 6.07) is 0.